The average molecular weight is 409 g/mol. The van der Waals surface area contributed by atoms with E-state index >= 15 is 0 Å². The standard InChI is InChI=1S/C21H27N7O2/c1-14-11-19(26-25-14)24-20-18-3-2-7-28(18)12-16(23-20)15-4-8-27(9-5-15)21(29)17-13-30-10-6-22-17/h2-3,7,11-12,15,17,22H,4-6,8-10,13H2,1H3,(H2,23,24,25,26)/t17-/m0/s1. The number of aromatic amines is 1. The number of aromatic nitrogens is 4. The molecule has 3 N–H and O–H groups in total. The summed E-state index contributed by atoms with van der Waals surface area (Å²) in [4.78, 5) is 19.6. The van der Waals surface area contributed by atoms with Gasteiger partial charge in [0, 0.05) is 49.7 Å². The molecule has 2 aliphatic heterocycles. The molecule has 2 fully saturated rings. The summed E-state index contributed by atoms with van der Waals surface area (Å²) >= 11 is 0. The quantitative estimate of drug-likeness (QED) is 0.608. The molecule has 1 amide bonds. The first-order valence-corrected chi connectivity index (χ1v) is 10.5. The Morgan fingerprint density at radius 3 is 2.93 bits per heavy atom. The fraction of sp³-hybridized carbons (Fsp3) is 0.476. The number of H-pyrrole nitrogens is 1. The van der Waals surface area contributed by atoms with Crippen LogP contribution in [-0.2, 0) is 9.53 Å². The van der Waals surface area contributed by atoms with Crippen LogP contribution in [0.2, 0.25) is 0 Å². The molecule has 0 radical (unpaired) electrons. The van der Waals surface area contributed by atoms with E-state index in [1.165, 1.54) is 0 Å². The zero-order valence-electron chi connectivity index (χ0n) is 17.1. The molecule has 0 spiro atoms. The minimum Gasteiger partial charge on any atom is -0.378 e. The number of likely N-dealkylation sites (tertiary alicyclic amines) is 1. The van der Waals surface area contributed by atoms with Crippen LogP contribution in [0, 0.1) is 6.92 Å². The molecule has 3 aromatic rings. The van der Waals surface area contributed by atoms with E-state index in [4.69, 9.17) is 9.72 Å². The molecular weight excluding hydrogens is 382 g/mol. The number of hydrogen-bond donors (Lipinski definition) is 3. The highest BCUT2D eigenvalue weighted by molar-refractivity contribution is 5.82. The molecule has 0 bridgehead atoms. The van der Waals surface area contributed by atoms with Crippen molar-refractivity contribution in [3.8, 4) is 0 Å². The van der Waals surface area contributed by atoms with Crippen molar-refractivity contribution >= 4 is 23.1 Å². The van der Waals surface area contributed by atoms with Crippen molar-refractivity contribution in [1.82, 2.24) is 29.8 Å². The van der Waals surface area contributed by atoms with Crippen molar-refractivity contribution in [2.75, 3.05) is 38.2 Å². The van der Waals surface area contributed by atoms with Crippen molar-refractivity contribution < 1.29 is 9.53 Å². The maximum atomic E-state index is 12.7. The van der Waals surface area contributed by atoms with Gasteiger partial charge in [0.25, 0.3) is 0 Å². The Balaban J connectivity index is 1.31. The maximum absolute atomic E-state index is 12.7. The van der Waals surface area contributed by atoms with Gasteiger partial charge in [-0.2, -0.15) is 5.10 Å². The van der Waals surface area contributed by atoms with Crippen LogP contribution in [0.3, 0.4) is 0 Å². The van der Waals surface area contributed by atoms with E-state index in [1.807, 2.05) is 36.2 Å². The molecule has 2 aliphatic rings. The van der Waals surface area contributed by atoms with Crippen LogP contribution in [0.15, 0.2) is 30.6 Å². The van der Waals surface area contributed by atoms with Crippen molar-refractivity contribution in [2.24, 2.45) is 0 Å². The molecule has 2 saturated heterocycles. The Hall–Kier alpha value is -2.91. The van der Waals surface area contributed by atoms with Gasteiger partial charge in [-0.1, -0.05) is 0 Å². The Morgan fingerprint density at radius 1 is 1.33 bits per heavy atom. The van der Waals surface area contributed by atoms with Gasteiger partial charge in [-0.3, -0.25) is 9.89 Å². The van der Waals surface area contributed by atoms with E-state index in [9.17, 15) is 4.79 Å². The van der Waals surface area contributed by atoms with Crippen LogP contribution in [0.5, 0.6) is 0 Å². The number of amides is 1. The topological polar surface area (TPSA) is 99.6 Å². The number of nitrogens with zero attached hydrogens (tertiary/aromatic N) is 4. The molecule has 0 aliphatic carbocycles. The SMILES string of the molecule is Cc1cc(Nc2nc(C3CCN(C(=O)[C@@H]4COCCN4)CC3)cn3cccc23)n[nH]1. The molecule has 0 saturated carbocycles. The van der Waals surface area contributed by atoms with Crippen LogP contribution in [-0.4, -0.2) is 69.3 Å². The lowest BCUT2D eigenvalue weighted by molar-refractivity contribution is -0.137. The fourth-order valence-electron chi connectivity index (χ4n) is 4.30. The normalized spacial score (nSPS) is 20.6. The molecule has 0 aromatic carbocycles. The predicted molar refractivity (Wildman–Crippen MR) is 113 cm³/mol. The molecule has 158 valence electrons. The van der Waals surface area contributed by atoms with Crippen molar-refractivity contribution in [2.45, 2.75) is 31.7 Å². The van der Waals surface area contributed by atoms with E-state index in [2.05, 4.69) is 31.4 Å². The van der Waals surface area contributed by atoms with E-state index in [-0.39, 0.29) is 11.9 Å². The largest absolute Gasteiger partial charge is 0.378 e. The first kappa shape index (κ1) is 19.1. The molecule has 30 heavy (non-hydrogen) atoms. The number of carbonyl (C=O) groups excluding carboxylic acids is 1. The first-order chi connectivity index (χ1) is 14.7. The van der Waals surface area contributed by atoms with Crippen LogP contribution >= 0.6 is 0 Å². The smallest absolute Gasteiger partial charge is 0.242 e. The summed E-state index contributed by atoms with van der Waals surface area (Å²) < 4.78 is 7.55. The molecular formula is C21H27N7O2. The summed E-state index contributed by atoms with van der Waals surface area (Å²) in [6.45, 7) is 5.33. The summed E-state index contributed by atoms with van der Waals surface area (Å²) in [5, 5.41) is 13.8. The lowest BCUT2D eigenvalue weighted by Gasteiger charge is -2.35. The number of morpholine rings is 1. The molecule has 5 heterocycles. The Morgan fingerprint density at radius 2 is 2.20 bits per heavy atom. The van der Waals surface area contributed by atoms with Gasteiger partial charge in [-0.05, 0) is 31.9 Å². The third-order valence-electron chi connectivity index (χ3n) is 5.93. The van der Waals surface area contributed by atoms with E-state index in [0.29, 0.717) is 19.1 Å². The number of carbonyl (C=O) groups is 1. The maximum Gasteiger partial charge on any atom is 0.242 e. The molecule has 0 unspecified atom stereocenters. The monoisotopic (exact) mass is 409 g/mol. The van der Waals surface area contributed by atoms with Gasteiger partial charge in [-0.25, -0.2) is 4.98 Å². The van der Waals surface area contributed by atoms with Crippen molar-refractivity contribution in [3.63, 3.8) is 0 Å². The van der Waals surface area contributed by atoms with Gasteiger partial charge in [0.15, 0.2) is 11.6 Å². The third-order valence-corrected chi connectivity index (χ3v) is 5.93. The highest BCUT2D eigenvalue weighted by atomic mass is 16.5. The number of nitrogens with one attached hydrogen (secondary N) is 3. The zero-order chi connectivity index (χ0) is 20.5. The van der Waals surface area contributed by atoms with Gasteiger partial charge in [0.05, 0.1) is 24.4 Å². The predicted octanol–water partition coefficient (Wildman–Crippen LogP) is 1.80. The first-order valence-electron chi connectivity index (χ1n) is 10.5. The highest BCUT2D eigenvalue weighted by Gasteiger charge is 2.30. The number of piperidine rings is 1. The van der Waals surface area contributed by atoms with Gasteiger partial charge in [0.2, 0.25) is 5.91 Å². The number of ether oxygens (including phenoxy) is 1. The number of hydrogen-bond acceptors (Lipinski definition) is 6. The Kier molecular flexibility index (Phi) is 5.14. The van der Waals surface area contributed by atoms with Crippen LogP contribution < -0.4 is 10.6 Å². The molecule has 9 nitrogen and oxygen atoms in total. The van der Waals surface area contributed by atoms with E-state index in [0.717, 1.165) is 61.0 Å². The van der Waals surface area contributed by atoms with Crippen LogP contribution in [0.4, 0.5) is 11.6 Å². The summed E-state index contributed by atoms with van der Waals surface area (Å²) in [6.07, 6.45) is 5.95. The highest BCUT2D eigenvalue weighted by Crippen LogP contribution is 2.30. The number of anilines is 2. The summed E-state index contributed by atoms with van der Waals surface area (Å²) in [6, 6.07) is 5.81. The Bertz CT molecular complexity index is 1030. The van der Waals surface area contributed by atoms with Gasteiger partial charge in [0.1, 0.15) is 6.04 Å². The van der Waals surface area contributed by atoms with E-state index < -0.39 is 0 Å². The lowest BCUT2D eigenvalue weighted by atomic mass is 9.93. The van der Waals surface area contributed by atoms with E-state index in [1.54, 1.807) is 0 Å². The fourth-order valence-corrected chi connectivity index (χ4v) is 4.30. The number of aryl methyl sites for hydroxylation is 1. The second kappa shape index (κ2) is 8.08. The molecule has 1 atom stereocenters. The van der Waals surface area contributed by atoms with Gasteiger partial charge in [-0.15, -0.1) is 0 Å². The minimum atomic E-state index is -0.210. The summed E-state index contributed by atoms with van der Waals surface area (Å²) in [5.41, 5.74) is 3.05. The zero-order valence-corrected chi connectivity index (χ0v) is 17.1. The summed E-state index contributed by atoms with van der Waals surface area (Å²) in [5.74, 6) is 2.02. The van der Waals surface area contributed by atoms with Gasteiger partial charge >= 0.3 is 0 Å². The van der Waals surface area contributed by atoms with Crippen molar-refractivity contribution in [3.05, 3.63) is 42.0 Å². The van der Waals surface area contributed by atoms with Crippen molar-refractivity contribution in [1.29, 1.82) is 0 Å². The minimum absolute atomic E-state index is 0.151. The second-order valence-corrected chi connectivity index (χ2v) is 8.06. The van der Waals surface area contributed by atoms with Crippen LogP contribution in [0.25, 0.3) is 5.52 Å². The third kappa shape index (κ3) is 3.78. The molecule has 5 rings (SSSR count). The summed E-state index contributed by atoms with van der Waals surface area (Å²) in [7, 11) is 0. The average Bonchev–Trinajstić information content (AvgIpc) is 3.43. The van der Waals surface area contributed by atoms with Gasteiger partial charge < -0.3 is 24.7 Å². The van der Waals surface area contributed by atoms with Crippen LogP contribution in [0.1, 0.15) is 30.1 Å². The molecule has 3 aromatic heterocycles. The number of fused-ring (bicyclic) bond motifs is 1. The Labute approximate surface area is 174 Å². The lowest BCUT2D eigenvalue weighted by Crippen LogP contribution is -2.54. The molecule has 9 heteroatoms. The second-order valence-electron chi connectivity index (χ2n) is 8.06. The number of rotatable bonds is 4.